The van der Waals surface area contributed by atoms with Crippen LogP contribution in [-0.4, -0.2) is 42.5 Å². The van der Waals surface area contributed by atoms with Crippen LogP contribution in [0, 0.1) is 0 Å². The van der Waals surface area contributed by atoms with Gasteiger partial charge in [-0.25, -0.2) is 13.0 Å². The molecule has 2 rings (SSSR count). The number of rotatable bonds is 8. The number of aromatic nitrogens is 3. The smallest absolute Gasteiger partial charge is 0.441 e. The van der Waals surface area contributed by atoms with Crippen molar-refractivity contribution < 1.29 is 17.7 Å². The van der Waals surface area contributed by atoms with Crippen molar-refractivity contribution in [3.63, 3.8) is 0 Å². The molecule has 136 valence electrons. The number of aryl methyl sites for hydroxylation is 2. The molecule has 9 nitrogen and oxygen atoms in total. The molecule has 0 aliphatic carbocycles. The first-order chi connectivity index (χ1) is 11.8. The molecule has 2 aromatic rings. The number of unbranched alkanes of at least 4 members (excludes halogenated alkanes) is 1. The Labute approximate surface area is 147 Å². The van der Waals surface area contributed by atoms with E-state index in [0.29, 0.717) is 18.9 Å². The molecule has 0 fully saturated rings. The number of hydrogen-bond acceptors (Lipinski definition) is 7. The van der Waals surface area contributed by atoms with Crippen LogP contribution < -0.4 is 9.58 Å². The third kappa shape index (κ3) is 5.91. The summed E-state index contributed by atoms with van der Waals surface area (Å²) in [7, 11) is 1.56. The lowest BCUT2D eigenvalue weighted by Gasteiger charge is -2.11. The van der Waals surface area contributed by atoms with Gasteiger partial charge >= 0.3 is 5.95 Å². The van der Waals surface area contributed by atoms with Crippen molar-refractivity contribution in [2.45, 2.75) is 19.4 Å². The van der Waals surface area contributed by atoms with Crippen LogP contribution in [0.5, 0.6) is 0 Å². The van der Waals surface area contributed by atoms with Gasteiger partial charge in [-0.3, -0.25) is 0 Å². The molecule has 1 aromatic carbocycles. The maximum atomic E-state index is 10.6. The molecule has 0 spiro atoms. The molecule has 10 heteroatoms. The summed E-state index contributed by atoms with van der Waals surface area (Å²) in [5.74, 6) is 0.178. The summed E-state index contributed by atoms with van der Waals surface area (Å²) in [5.41, 5.74) is 1.79. The second-order valence-corrected chi connectivity index (χ2v) is 7.37. The maximum absolute atomic E-state index is 10.6. The Morgan fingerprint density at radius 3 is 2.48 bits per heavy atom. The molecule has 1 aromatic heterocycles. The molecule has 0 bridgehead atoms. The summed E-state index contributed by atoms with van der Waals surface area (Å²) < 4.78 is 35.2. The van der Waals surface area contributed by atoms with E-state index in [1.165, 1.54) is 0 Å². The van der Waals surface area contributed by atoms with Crippen LogP contribution in [0.3, 0.4) is 0 Å². The number of anilines is 1. The molecule has 0 N–H and O–H groups in total. The molecule has 0 unspecified atom stereocenters. The highest BCUT2D eigenvalue weighted by Gasteiger charge is 2.16. The van der Waals surface area contributed by atoms with Gasteiger partial charge in [0.25, 0.3) is 0 Å². The number of azo groups is 1. The van der Waals surface area contributed by atoms with Crippen LogP contribution in [0.15, 0.2) is 40.8 Å². The van der Waals surface area contributed by atoms with E-state index in [-0.39, 0.29) is 12.2 Å². The van der Waals surface area contributed by atoms with Gasteiger partial charge in [0.2, 0.25) is 0 Å². The van der Waals surface area contributed by atoms with Gasteiger partial charge in [0, 0.05) is 30.6 Å². The quantitative estimate of drug-likeness (QED) is 0.305. The SMILES string of the molecule is CN(C)c1ccc(/N=N/c2n(C)cn[n+]2CCCCS(=O)(=O)[O-])cc1. The van der Waals surface area contributed by atoms with Crippen LogP contribution in [0.2, 0.25) is 0 Å². The van der Waals surface area contributed by atoms with Gasteiger partial charge in [-0.1, -0.05) is 10.2 Å². The summed E-state index contributed by atoms with van der Waals surface area (Å²) >= 11 is 0. The number of benzene rings is 1. The molecule has 0 amide bonds. The molecule has 0 atom stereocenters. The van der Waals surface area contributed by atoms with Crippen molar-refractivity contribution in [2.75, 3.05) is 24.7 Å². The van der Waals surface area contributed by atoms with E-state index < -0.39 is 10.1 Å². The molecule has 0 radical (unpaired) electrons. The first-order valence-corrected chi connectivity index (χ1v) is 9.38. The lowest BCUT2D eigenvalue weighted by molar-refractivity contribution is -0.740. The second kappa shape index (κ2) is 8.17. The summed E-state index contributed by atoms with van der Waals surface area (Å²) in [6.45, 7) is 0.463. The first kappa shape index (κ1) is 19.0. The van der Waals surface area contributed by atoms with Crippen molar-refractivity contribution in [3.05, 3.63) is 30.6 Å². The third-order valence-electron chi connectivity index (χ3n) is 3.55. The Morgan fingerprint density at radius 1 is 1.20 bits per heavy atom. The standard InChI is InChI=1S/C15H22N6O3S/c1-19(2)14-8-6-13(7-9-14)17-18-15-20(3)12-16-21(15)10-4-5-11-25(22,23)24/h6-9,12H,4-5,10-11H2,1-3H3. The third-order valence-corrected chi connectivity index (χ3v) is 4.33. The fourth-order valence-corrected chi connectivity index (χ4v) is 2.72. The Kier molecular flexibility index (Phi) is 6.21. The van der Waals surface area contributed by atoms with E-state index in [2.05, 4.69) is 15.3 Å². The Bertz CT molecular complexity index is 827. The molecule has 0 saturated carbocycles. The maximum Gasteiger partial charge on any atom is 0.441 e. The van der Waals surface area contributed by atoms with Crippen LogP contribution >= 0.6 is 0 Å². The van der Waals surface area contributed by atoms with E-state index in [9.17, 15) is 13.0 Å². The largest absolute Gasteiger partial charge is 0.748 e. The fourth-order valence-electron chi connectivity index (χ4n) is 2.17. The molecule has 0 aliphatic rings. The lowest BCUT2D eigenvalue weighted by Crippen LogP contribution is -2.36. The van der Waals surface area contributed by atoms with Crippen LogP contribution in [0.25, 0.3) is 0 Å². The second-order valence-electron chi connectivity index (χ2n) is 5.84. The van der Waals surface area contributed by atoms with E-state index in [1.54, 1.807) is 22.6 Å². The first-order valence-electron chi connectivity index (χ1n) is 7.80. The van der Waals surface area contributed by atoms with Crippen LogP contribution in [0.1, 0.15) is 12.8 Å². The van der Waals surface area contributed by atoms with Crippen molar-refractivity contribution in [3.8, 4) is 0 Å². The summed E-state index contributed by atoms with van der Waals surface area (Å²) in [4.78, 5) is 2.00. The minimum absolute atomic E-state index is 0.290. The molecule has 25 heavy (non-hydrogen) atoms. The van der Waals surface area contributed by atoms with Gasteiger partial charge < -0.3 is 9.45 Å². The molecule has 1 heterocycles. The number of nitrogens with zero attached hydrogens (tertiary/aromatic N) is 6. The molecular formula is C15H22N6O3S. The van der Waals surface area contributed by atoms with Crippen molar-refractivity contribution in [1.29, 1.82) is 0 Å². The zero-order valence-electron chi connectivity index (χ0n) is 14.5. The topological polar surface area (TPSA) is 107 Å². The summed E-state index contributed by atoms with van der Waals surface area (Å²) in [6.07, 6.45) is 2.41. The average molecular weight is 366 g/mol. The molecule has 0 aliphatic heterocycles. The lowest BCUT2D eigenvalue weighted by atomic mass is 10.3. The van der Waals surface area contributed by atoms with Gasteiger partial charge in [-0.05, 0) is 37.1 Å². The van der Waals surface area contributed by atoms with Gasteiger partial charge in [-0.15, -0.1) is 4.68 Å². The normalized spacial score (nSPS) is 12.0. The minimum Gasteiger partial charge on any atom is -0.748 e. The van der Waals surface area contributed by atoms with E-state index in [0.717, 1.165) is 11.4 Å². The minimum atomic E-state index is -4.17. The molecule has 0 saturated heterocycles. The highest BCUT2D eigenvalue weighted by molar-refractivity contribution is 7.85. The zero-order valence-corrected chi connectivity index (χ0v) is 15.3. The van der Waals surface area contributed by atoms with Crippen molar-refractivity contribution >= 4 is 27.4 Å². The summed E-state index contributed by atoms with van der Waals surface area (Å²) in [5, 5.41) is 12.6. The summed E-state index contributed by atoms with van der Waals surface area (Å²) in [6, 6.07) is 7.65. The predicted octanol–water partition coefficient (Wildman–Crippen LogP) is 1.51. The molecular weight excluding hydrogens is 344 g/mol. The predicted molar refractivity (Wildman–Crippen MR) is 92.1 cm³/mol. The highest BCUT2D eigenvalue weighted by atomic mass is 32.2. The van der Waals surface area contributed by atoms with Crippen LogP contribution in [-0.2, 0) is 23.7 Å². The van der Waals surface area contributed by atoms with E-state index >= 15 is 0 Å². The van der Waals surface area contributed by atoms with Crippen molar-refractivity contribution in [1.82, 2.24) is 9.67 Å². The van der Waals surface area contributed by atoms with E-state index in [4.69, 9.17) is 0 Å². The highest BCUT2D eigenvalue weighted by Crippen LogP contribution is 2.19. The Balaban J connectivity index is 2.03. The van der Waals surface area contributed by atoms with Gasteiger partial charge in [0.15, 0.2) is 6.33 Å². The van der Waals surface area contributed by atoms with Gasteiger partial charge in [-0.2, -0.15) is 0 Å². The Morgan fingerprint density at radius 2 is 1.88 bits per heavy atom. The van der Waals surface area contributed by atoms with Gasteiger partial charge in [0.1, 0.15) is 5.69 Å². The fraction of sp³-hybridized carbons (Fsp3) is 0.467. The monoisotopic (exact) mass is 366 g/mol. The van der Waals surface area contributed by atoms with Gasteiger partial charge in [0.05, 0.1) is 23.7 Å². The zero-order chi connectivity index (χ0) is 18.4. The number of hydrogen-bond donors (Lipinski definition) is 0. The van der Waals surface area contributed by atoms with E-state index in [1.807, 2.05) is 43.3 Å². The average Bonchev–Trinajstić information content (AvgIpc) is 2.89. The Hall–Kier alpha value is -2.33. The van der Waals surface area contributed by atoms with Crippen LogP contribution in [0.4, 0.5) is 17.3 Å². The van der Waals surface area contributed by atoms with Crippen molar-refractivity contribution in [2.24, 2.45) is 17.3 Å².